The number of rotatable bonds is 7. The summed E-state index contributed by atoms with van der Waals surface area (Å²) in [7, 11) is 3.05. The van der Waals surface area contributed by atoms with Crippen LogP contribution in [-0.2, 0) is 11.3 Å². The van der Waals surface area contributed by atoms with Gasteiger partial charge in [-0.3, -0.25) is 0 Å². The van der Waals surface area contributed by atoms with E-state index in [9.17, 15) is 4.79 Å². The fraction of sp³-hybridized carbons (Fsp3) is 0.280. The van der Waals surface area contributed by atoms with E-state index in [1.165, 1.54) is 12.7 Å². The van der Waals surface area contributed by atoms with Gasteiger partial charge in [-0.2, -0.15) is 0 Å². The van der Waals surface area contributed by atoms with Gasteiger partial charge in [-0.1, -0.05) is 24.3 Å². The molecule has 0 bridgehead atoms. The zero-order valence-corrected chi connectivity index (χ0v) is 18.5. The first-order chi connectivity index (χ1) is 15.6. The Kier molecular flexibility index (Phi) is 6.44. The van der Waals surface area contributed by atoms with Crippen molar-refractivity contribution >= 4 is 17.5 Å². The Morgan fingerprint density at radius 1 is 1.12 bits per heavy atom. The van der Waals surface area contributed by atoms with Gasteiger partial charge in [0.1, 0.15) is 23.8 Å². The molecular formula is C25H27N3O4. The maximum Gasteiger partial charge on any atom is 0.337 e. The maximum atomic E-state index is 11.7. The molecule has 7 heteroatoms. The molecule has 4 rings (SSSR count). The summed E-state index contributed by atoms with van der Waals surface area (Å²) in [6, 6.07) is 17.3. The van der Waals surface area contributed by atoms with E-state index in [0.29, 0.717) is 12.2 Å². The molecule has 1 aromatic heterocycles. The van der Waals surface area contributed by atoms with Crippen molar-refractivity contribution in [3.8, 4) is 11.5 Å². The molecule has 2 aromatic carbocycles. The minimum absolute atomic E-state index is 0.0227. The molecule has 32 heavy (non-hydrogen) atoms. The summed E-state index contributed by atoms with van der Waals surface area (Å²) in [5.74, 6) is 2.07. The number of carbonyl (C=O) groups excluding carboxylic acids is 1. The molecule has 1 N–H and O–H groups in total. The van der Waals surface area contributed by atoms with Crippen molar-refractivity contribution in [2.75, 3.05) is 37.6 Å². The molecular weight excluding hydrogens is 406 g/mol. The van der Waals surface area contributed by atoms with E-state index < -0.39 is 0 Å². The first-order valence-corrected chi connectivity index (χ1v) is 10.5. The van der Waals surface area contributed by atoms with Gasteiger partial charge in [0.25, 0.3) is 0 Å². The van der Waals surface area contributed by atoms with Crippen LogP contribution in [0.2, 0.25) is 0 Å². The molecule has 3 aromatic rings. The molecule has 7 nitrogen and oxygen atoms in total. The number of fused-ring (bicyclic) bond motifs is 1. The number of anilines is 2. The van der Waals surface area contributed by atoms with Crippen molar-refractivity contribution in [2.24, 2.45) is 0 Å². The molecule has 0 amide bonds. The van der Waals surface area contributed by atoms with Crippen LogP contribution < -0.4 is 19.7 Å². The number of nitrogens with one attached hydrogen (secondary N) is 1. The number of aromatic nitrogens is 1. The number of nitrogens with zero attached hydrogens (tertiary/aromatic N) is 2. The SMILES string of the molecule is COC(=O)c1ccc([C@H](C)Nc2nccc3c2N(Cc2ccc(OC)cc2)CCO3)cc1. The molecule has 1 atom stereocenters. The third-order valence-electron chi connectivity index (χ3n) is 5.54. The summed E-state index contributed by atoms with van der Waals surface area (Å²) in [6.45, 7) is 4.19. The second-order valence-electron chi connectivity index (χ2n) is 7.60. The Hall–Kier alpha value is -3.74. The Labute approximate surface area is 187 Å². The molecule has 166 valence electrons. The maximum absolute atomic E-state index is 11.7. The van der Waals surface area contributed by atoms with Crippen LogP contribution in [0.3, 0.4) is 0 Å². The van der Waals surface area contributed by atoms with Gasteiger partial charge in [0, 0.05) is 18.8 Å². The van der Waals surface area contributed by atoms with Crippen LogP contribution in [0.5, 0.6) is 11.5 Å². The number of hydrogen-bond donors (Lipinski definition) is 1. The Balaban J connectivity index is 1.55. The van der Waals surface area contributed by atoms with E-state index >= 15 is 0 Å². The third kappa shape index (κ3) is 4.61. The predicted molar refractivity (Wildman–Crippen MR) is 124 cm³/mol. The lowest BCUT2D eigenvalue weighted by Gasteiger charge is -2.33. The summed E-state index contributed by atoms with van der Waals surface area (Å²) in [4.78, 5) is 18.6. The summed E-state index contributed by atoms with van der Waals surface area (Å²) in [6.07, 6.45) is 1.76. The third-order valence-corrected chi connectivity index (χ3v) is 5.54. The second-order valence-corrected chi connectivity index (χ2v) is 7.60. The quantitative estimate of drug-likeness (QED) is 0.552. The molecule has 1 aliphatic heterocycles. The highest BCUT2D eigenvalue weighted by Gasteiger charge is 2.24. The van der Waals surface area contributed by atoms with E-state index in [2.05, 4.69) is 34.3 Å². The fourth-order valence-electron chi connectivity index (χ4n) is 3.77. The Morgan fingerprint density at radius 3 is 2.56 bits per heavy atom. The van der Waals surface area contributed by atoms with Crippen molar-refractivity contribution in [1.82, 2.24) is 4.98 Å². The normalized spacial score (nSPS) is 13.5. The van der Waals surface area contributed by atoms with E-state index in [4.69, 9.17) is 14.2 Å². The summed E-state index contributed by atoms with van der Waals surface area (Å²) < 4.78 is 16.0. The van der Waals surface area contributed by atoms with E-state index in [-0.39, 0.29) is 12.0 Å². The zero-order chi connectivity index (χ0) is 22.5. The van der Waals surface area contributed by atoms with E-state index in [1.807, 2.05) is 30.3 Å². The largest absolute Gasteiger partial charge is 0.497 e. The number of pyridine rings is 1. The number of benzene rings is 2. The molecule has 0 saturated carbocycles. The topological polar surface area (TPSA) is 72.9 Å². The van der Waals surface area contributed by atoms with Gasteiger partial charge < -0.3 is 24.4 Å². The lowest BCUT2D eigenvalue weighted by molar-refractivity contribution is 0.0600. The van der Waals surface area contributed by atoms with Gasteiger partial charge >= 0.3 is 5.97 Å². The van der Waals surface area contributed by atoms with Gasteiger partial charge in [0.15, 0.2) is 5.82 Å². The molecule has 0 fully saturated rings. The van der Waals surface area contributed by atoms with Crippen LogP contribution in [0.15, 0.2) is 60.8 Å². The van der Waals surface area contributed by atoms with Crippen molar-refractivity contribution < 1.29 is 19.0 Å². The minimum Gasteiger partial charge on any atom is -0.497 e. The molecule has 0 aliphatic carbocycles. The molecule has 0 unspecified atom stereocenters. The molecule has 0 radical (unpaired) electrons. The van der Waals surface area contributed by atoms with Crippen molar-refractivity contribution in [3.63, 3.8) is 0 Å². The minimum atomic E-state index is -0.345. The van der Waals surface area contributed by atoms with Gasteiger partial charge in [-0.25, -0.2) is 9.78 Å². The highest BCUT2D eigenvalue weighted by Crippen LogP contribution is 2.39. The predicted octanol–water partition coefficient (Wildman–Crippen LogP) is 4.45. The first kappa shape index (κ1) is 21.5. The summed E-state index contributed by atoms with van der Waals surface area (Å²) in [5.41, 5.74) is 3.70. The Morgan fingerprint density at radius 2 is 1.88 bits per heavy atom. The van der Waals surface area contributed by atoms with Crippen LogP contribution in [0.4, 0.5) is 11.5 Å². The lowest BCUT2D eigenvalue weighted by atomic mass is 10.1. The van der Waals surface area contributed by atoms with Crippen LogP contribution in [-0.4, -0.2) is 38.3 Å². The highest BCUT2D eigenvalue weighted by molar-refractivity contribution is 5.89. The van der Waals surface area contributed by atoms with Crippen LogP contribution in [0.1, 0.15) is 34.5 Å². The second kappa shape index (κ2) is 9.60. The van der Waals surface area contributed by atoms with Crippen molar-refractivity contribution in [2.45, 2.75) is 19.5 Å². The van der Waals surface area contributed by atoms with Crippen LogP contribution in [0, 0.1) is 0 Å². The lowest BCUT2D eigenvalue weighted by Crippen LogP contribution is -2.33. The fourth-order valence-corrected chi connectivity index (χ4v) is 3.77. The standard InChI is InChI=1S/C25H27N3O4/c1-17(19-6-8-20(9-7-19)25(29)31-3)27-24-23-22(12-13-26-24)32-15-14-28(23)16-18-4-10-21(30-2)11-5-18/h4-13,17H,14-16H2,1-3H3,(H,26,27)/t17-/m0/s1. The number of ether oxygens (including phenoxy) is 3. The number of carbonyl (C=O) groups is 1. The number of methoxy groups -OCH3 is 2. The van der Waals surface area contributed by atoms with Crippen molar-refractivity contribution in [3.05, 3.63) is 77.5 Å². The number of esters is 1. The van der Waals surface area contributed by atoms with Gasteiger partial charge in [0.2, 0.25) is 0 Å². The van der Waals surface area contributed by atoms with Gasteiger partial charge in [-0.15, -0.1) is 0 Å². The molecule has 2 heterocycles. The Bertz CT molecular complexity index is 1070. The molecule has 0 spiro atoms. The van der Waals surface area contributed by atoms with Crippen molar-refractivity contribution in [1.29, 1.82) is 0 Å². The molecule has 0 saturated heterocycles. The van der Waals surface area contributed by atoms with Gasteiger partial charge in [0.05, 0.1) is 32.4 Å². The summed E-state index contributed by atoms with van der Waals surface area (Å²) >= 11 is 0. The smallest absolute Gasteiger partial charge is 0.337 e. The van der Waals surface area contributed by atoms with Crippen LogP contribution in [0.25, 0.3) is 0 Å². The average molecular weight is 434 g/mol. The van der Waals surface area contributed by atoms with E-state index in [1.54, 1.807) is 25.4 Å². The van der Waals surface area contributed by atoms with Gasteiger partial charge in [-0.05, 0) is 42.3 Å². The van der Waals surface area contributed by atoms with E-state index in [0.717, 1.165) is 41.7 Å². The molecule has 1 aliphatic rings. The average Bonchev–Trinajstić information content (AvgIpc) is 2.84. The summed E-state index contributed by atoms with van der Waals surface area (Å²) in [5, 5.41) is 3.51. The number of hydrogen-bond acceptors (Lipinski definition) is 7. The first-order valence-electron chi connectivity index (χ1n) is 10.5. The highest BCUT2D eigenvalue weighted by atomic mass is 16.5. The van der Waals surface area contributed by atoms with Crippen LogP contribution >= 0.6 is 0 Å². The zero-order valence-electron chi connectivity index (χ0n) is 18.5. The monoisotopic (exact) mass is 433 g/mol.